The van der Waals surface area contributed by atoms with Gasteiger partial charge in [0.2, 0.25) is 5.91 Å². The fourth-order valence-corrected chi connectivity index (χ4v) is 4.58. The number of methoxy groups -OCH3 is 1. The molecule has 8 nitrogen and oxygen atoms in total. The molecule has 3 aliphatic rings. The fraction of sp³-hybridized carbons (Fsp3) is 0.500. The second-order valence-electron chi connectivity index (χ2n) is 6.54. The molecule has 1 aromatic rings. The van der Waals surface area contributed by atoms with Gasteiger partial charge in [0.1, 0.15) is 5.54 Å². The van der Waals surface area contributed by atoms with Gasteiger partial charge in [0.25, 0.3) is 5.69 Å². The molecule has 3 aliphatic heterocycles. The molecule has 1 aromatic carbocycles. The third-order valence-corrected chi connectivity index (χ3v) is 5.56. The van der Waals surface area contributed by atoms with Crippen molar-refractivity contribution in [3.05, 3.63) is 33.9 Å². The summed E-state index contributed by atoms with van der Waals surface area (Å²) < 4.78 is 4.92. The molecule has 3 atom stereocenters. The average molecular weight is 331 g/mol. The second kappa shape index (κ2) is 5.01. The summed E-state index contributed by atoms with van der Waals surface area (Å²) in [6.07, 6.45) is 2.00. The normalized spacial score (nSPS) is 31.0. The Morgan fingerprint density at radius 2 is 2.29 bits per heavy atom. The van der Waals surface area contributed by atoms with Gasteiger partial charge in [0, 0.05) is 29.4 Å². The maximum Gasteiger partial charge on any atom is 0.310 e. The zero-order valence-corrected chi connectivity index (χ0v) is 13.2. The molecule has 3 heterocycles. The summed E-state index contributed by atoms with van der Waals surface area (Å²) in [5.74, 6) is -0.930. The number of anilines is 1. The first kappa shape index (κ1) is 15.1. The summed E-state index contributed by atoms with van der Waals surface area (Å²) >= 11 is 0. The molecule has 1 amide bonds. The highest BCUT2D eigenvalue weighted by atomic mass is 16.6. The molecule has 2 saturated heterocycles. The van der Waals surface area contributed by atoms with Gasteiger partial charge in [-0.1, -0.05) is 0 Å². The minimum atomic E-state index is -1.01. The molecule has 0 aromatic heterocycles. The summed E-state index contributed by atoms with van der Waals surface area (Å²) in [7, 11) is 1.35. The highest BCUT2D eigenvalue weighted by molar-refractivity contribution is 6.07. The first-order valence-electron chi connectivity index (χ1n) is 7.94. The smallest absolute Gasteiger partial charge is 0.310 e. The number of carbonyl (C=O) groups excluding carboxylic acids is 2. The number of nitrogens with one attached hydrogen (secondary N) is 1. The van der Waals surface area contributed by atoms with Crippen molar-refractivity contribution < 1.29 is 19.2 Å². The van der Waals surface area contributed by atoms with Crippen LogP contribution in [0.4, 0.5) is 11.4 Å². The molecular weight excluding hydrogens is 314 g/mol. The summed E-state index contributed by atoms with van der Waals surface area (Å²) in [5.41, 5.74) is 0.116. The molecule has 0 unspecified atom stereocenters. The molecule has 126 valence electrons. The molecule has 24 heavy (non-hydrogen) atoms. The molecule has 1 spiro atoms. The number of hydrogen-bond donors (Lipinski definition) is 1. The van der Waals surface area contributed by atoms with Gasteiger partial charge in [-0.3, -0.25) is 24.6 Å². The number of hydrogen-bond acceptors (Lipinski definition) is 6. The highest BCUT2D eigenvalue weighted by Crippen LogP contribution is 2.54. The van der Waals surface area contributed by atoms with E-state index in [9.17, 15) is 19.7 Å². The van der Waals surface area contributed by atoms with Gasteiger partial charge in [0.15, 0.2) is 0 Å². The minimum Gasteiger partial charge on any atom is -0.469 e. The fourth-order valence-electron chi connectivity index (χ4n) is 4.58. The Morgan fingerprint density at radius 3 is 3.00 bits per heavy atom. The standard InChI is InChI=1S/C16H17N3O5/c1-24-14(20)10-8-16(18-6-2-3-13(10)18)11-7-9(19(22)23)4-5-12(11)17-15(16)21/h4-5,7,10,13H,2-3,6,8H2,1H3,(H,17,21)/t10-,13-,16+/m0/s1. The Morgan fingerprint density at radius 1 is 1.50 bits per heavy atom. The van der Waals surface area contributed by atoms with E-state index in [1.165, 1.54) is 19.2 Å². The van der Waals surface area contributed by atoms with E-state index in [-0.39, 0.29) is 23.6 Å². The first-order valence-corrected chi connectivity index (χ1v) is 7.94. The molecular formula is C16H17N3O5. The maximum absolute atomic E-state index is 12.9. The van der Waals surface area contributed by atoms with Gasteiger partial charge in [-0.25, -0.2) is 0 Å². The maximum atomic E-state index is 12.9. The van der Waals surface area contributed by atoms with Gasteiger partial charge in [0.05, 0.1) is 18.0 Å². The predicted octanol–water partition coefficient (Wildman–Crippen LogP) is 1.40. The van der Waals surface area contributed by atoms with Gasteiger partial charge in [-0.2, -0.15) is 0 Å². The summed E-state index contributed by atoms with van der Waals surface area (Å²) in [6, 6.07) is 4.35. The Labute approximate surface area is 137 Å². The number of nitro benzene ring substituents is 1. The Kier molecular flexibility index (Phi) is 3.14. The van der Waals surface area contributed by atoms with Gasteiger partial charge in [-0.15, -0.1) is 0 Å². The van der Waals surface area contributed by atoms with Crippen LogP contribution in [0.3, 0.4) is 0 Å². The van der Waals surface area contributed by atoms with Crippen LogP contribution in [-0.4, -0.2) is 41.4 Å². The van der Waals surface area contributed by atoms with Crippen molar-refractivity contribution in [3.63, 3.8) is 0 Å². The van der Waals surface area contributed by atoms with Crippen LogP contribution < -0.4 is 5.32 Å². The molecule has 2 fully saturated rings. The van der Waals surface area contributed by atoms with E-state index in [4.69, 9.17) is 4.74 Å². The zero-order valence-electron chi connectivity index (χ0n) is 13.2. The van der Waals surface area contributed by atoms with Gasteiger partial charge in [-0.05, 0) is 31.9 Å². The van der Waals surface area contributed by atoms with Crippen LogP contribution >= 0.6 is 0 Å². The number of benzene rings is 1. The molecule has 4 rings (SSSR count). The van der Waals surface area contributed by atoms with E-state index < -0.39 is 16.4 Å². The van der Waals surface area contributed by atoms with E-state index in [0.29, 0.717) is 24.2 Å². The number of nitrogens with zero attached hydrogens (tertiary/aromatic N) is 2. The largest absolute Gasteiger partial charge is 0.469 e. The van der Waals surface area contributed by atoms with Crippen LogP contribution in [-0.2, 0) is 19.9 Å². The number of fused-ring (bicyclic) bond motifs is 4. The number of ether oxygens (including phenoxy) is 1. The number of amides is 1. The third-order valence-electron chi connectivity index (χ3n) is 5.56. The van der Waals surface area contributed by atoms with Crippen LogP contribution in [0.25, 0.3) is 0 Å². The Hall–Kier alpha value is -2.48. The molecule has 0 saturated carbocycles. The lowest BCUT2D eigenvalue weighted by Gasteiger charge is -2.32. The number of rotatable bonds is 2. The monoisotopic (exact) mass is 331 g/mol. The Bertz CT molecular complexity index is 764. The number of esters is 1. The number of carbonyl (C=O) groups is 2. The molecule has 0 radical (unpaired) electrons. The topological polar surface area (TPSA) is 102 Å². The van der Waals surface area contributed by atoms with Gasteiger partial charge >= 0.3 is 5.97 Å². The van der Waals surface area contributed by atoms with Crippen molar-refractivity contribution in [3.8, 4) is 0 Å². The average Bonchev–Trinajstić information content (AvgIpc) is 3.22. The SMILES string of the molecule is COC(=O)[C@H]1C[C@@]2(C(=O)Nc3ccc([N+](=O)[O-])cc32)N2CCC[C@@H]12. The Balaban J connectivity index is 1.86. The van der Waals surface area contributed by atoms with Crippen molar-refractivity contribution in [2.75, 3.05) is 19.0 Å². The van der Waals surface area contributed by atoms with E-state index in [1.807, 2.05) is 4.90 Å². The number of nitro groups is 1. The lowest BCUT2D eigenvalue weighted by atomic mass is 9.84. The van der Waals surface area contributed by atoms with Gasteiger partial charge < -0.3 is 10.1 Å². The van der Waals surface area contributed by atoms with Crippen molar-refractivity contribution >= 4 is 23.3 Å². The highest BCUT2D eigenvalue weighted by Gasteiger charge is 2.63. The summed E-state index contributed by atoms with van der Waals surface area (Å²) in [5, 5.41) is 14.0. The minimum absolute atomic E-state index is 0.0538. The summed E-state index contributed by atoms with van der Waals surface area (Å²) in [6.45, 7) is 0.688. The van der Waals surface area contributed by atoms with E-state index in [1.54, 1.807) is 6.07 Å². The first-order chi connectivity index (χ1) is 11.5. The zero-order chi connectivity index (χ0) is 17.1. The van der Waals surface area contributed by atoms with Crippen LogP contribution in [0.15, 0.2) is 18.2 Å². The lowest BCUT2D eigenvalue weighted by Crippen LogP contribution is -2.47. The van der Waals surface area contributed by atoms with Crippen molar-refractivity contribution in [2.45, 2.75) is 30.8 Å². The van der Waals surface area contributed by atoms with Crippen molar-refractivity contribution in [2.24, 2.45) is 5.92 Å². The van der Waals surface area contributed by atoms with E-state index in [2.05, 4.69) is 5.32 Å². The predicted molar refractivity (Wildman–Crippen MR) is 83.3 cm³/mol. The van der Waals surface area contributed by atoms with Crippen LogP contribution in [0.2, 0.25) is 0 Å². The molecule has 0 bridgehead atoms. The van der Waals surface area contributed by atoms with Crippen LogP contribution in [0.1, 0.15) is 24.8 Å². The molecule has 0 aliphatic carbocycles. The quantitative estimate of drug-likeness (QED) is 0.499. The number of non-ortho nitro benzene ring substituents is 1. The third kappa shape index (κ3) is 1.77. The lowest BCUT2D eigenvalue weighted by molar-refractivity contribution is -0.384. The van der Waals surface area contributed by atoms with Crippen molar-refractivity contribution in [1.29, 1.82) is 0 Å². The van der Waals surface area contributed by atoms with E-state index in [0.717, 1.165) is 12.8 Å². The summed E-state index contributed by atoms with van der Waals surface area (Å²) in [4.78, 5) is 37.8. The second-order valence-corrected chi connectivity index (χ2v) is 6.54. The molecule has 8 heteroatoms. The van der Waals surface area contributed by atoms with Crippen molar-refractivity contribution in [1.82, 2.24) is 4.90 Å². The molecule has 1 N–H and O–H groups in total. The van der Waals surface area contributed by atoms with E-state index >= 15 is 0 Å². The van der Waals surface area contributed by atoms with Crippen LogP contribution in [0, 0.1) is 16.0 Å². The van der Waals surface area contributed by atoms with Crippen LogP contribution in [0.5, 0.6) is 0 Å².